The van der Waals surface area contributed by atoms with Crippen molar-refractivity contribution in [3.05, 3.63) is 168 Å². The maximum Gasteiger partial charge on any atom is 0.161 e. The zero-order valence-electron chi connectivity index (χ0n) is 25.1. The third-order valence-electron chi connectivity index (χ3n) is 8.46. The monoisotopic (exact) mass is 591 g/mol. The van der Waals surface area contributed by atoms with E-state index in [1.807, 2.05) is 72.8 Å². The molecular formula is C42H29N3O. The molecule has 1 aromatic heterocycles. The Balaban J connectivity index is 1.25. The molecule has 46 heavy (non-hydrogen) atoms. The molecule has 0 aliphatic heterocycles. The first-order valence-electron chi connectivity index (χ1n) is 15.3. The molecule has 7 aromatic carbocycles. The number of hydrogen-bond donors (Lipinski definition) is 0. The zero-order valence-corrected chi connectivity index (χ0v) is 25.1. The van der Waals surface area contributed by atoms with Crippen molar-refractivity contribution in [1.29, 1.82) is 0 Å². The van der Waals surface area contributed by atoms with Crippen LogP contribution < -0.4 is 0 Å². The Morgan fingerprint density at radius 3 is 2.11 bits per heavy atom. The minimum Gasteiger partial charge on any atom is -0.456 e. The lowest BCUT2D eigenvalue weighted by Crippen LogP contribution is -2.06. The Hall–Kier alpha value is -6.13. The fraction of sp³-hybridized carbons (Fsp3) is 0.0238. The molecule has 0 saturated carbocycles. The van der Waals surface area contributed by atoms with Crippen molar-refractivity contribution in [3.8, 4) is 11.1 Å². The maximum atomic E-state index is 6.34. The van der Waals surface area contributed by atoms with Gasteiger partial charge in [0.25, 0.3) is 0 Å². The number of rotatable bonds is 5. The van der Waals surface area contributed by atoms with Gasteiger partial charge in [0, 0.05) is 21.9 Å². The first-order chi connectivity index (χ1) is 22.7. The second kappa shape index (κ2) is 11.8. The van der Waals surface area contributed by atoms with Gasteiger partial charge in [0.15, 0.2) is 11.7 Å². The van der Waals surface area contributed by atoms with Crippen LogP contribution >= 0.6 is 0 Å². The second-order valence-corrected chi connectivity index (χ2v) is 11.3. The predicted octanol–water partition coefficient (Wildman–Crippen LogP) is 10.7. The largest absolute Gasteiger partial charge is 0.456 e. The third-order valence-corrected chi connectivity index (χ3v) is 8.46. The Bertz CT molecular complexity index is 2460. The summed E-state index contributed by atoms with van der Waals surface area (Å²) in [6, 6.07) is 52.1. The number of nitrogens with zero attached hydrogens (tertiary/aromatic N) is 3. The normalized spacial score (nSPS) is 12.3. The van der Waals surface area contributed by atoms with Gasteiger partial charge in [0.05, 0.1) is 6.54 Å². The Kier molecular flexibility index (Phi) is 7.01. The number of amidine groups is 2. The van der Waals surface area contributed by atoms with E-state index in [1.54, 1.807) is 0 Å². The summed E-state index contributed by atoms with van der Waals surface area (Å²) in [5.74, 6) is 1.09. The molecular weight excluding hydrogens is 562 g/mol. The summed E-state index contributed by atoms with van der Waals surface area (Å²) < 4.78 is 6.34. The van der Waals surface area contributed by atoms with Crippen molar-refractivity contribution in [3.63, 3.8) is 0 Å². The van der Waals surface area contributed by atoms with Crippen molar-refractivity contribution < 1.29 is 4.42 Å². The van der Waals surface area contributed by atoms with Crippen LogP contribution in [-0.4, -0.2) is 18.4 Å². The summed E-state index contributed by atoms with van der Waals surface area (Å²) in [7, 11) is 0. The van der Waals surface area contributed by atoms with E-state index in [0.29, 0.717) is 18.2 Å². The summed E-state index contributed by atoms with van der Waals surface area (Å²) >= 11 is 0. The van der Waals surface area contributed by atoms with Crippen molar-refractivity contribution in [2.45, 2.75) is 6.54 Å². The van der Waals surface area contributed by atoms with Crippen LogP contribution in [0.15, 0.2) is 171 Å². The standard InChI is InChI=1S/C42H29N3O/c1-43-42(45-41(30-14-6-3-7-15-30)44-27-28-11-4-2-5-12-28)36-17-10-18-39-40(36)37-26-32(22-24-38(37)46-39)31-21-23-35-33(25-31)20-19-29-13-8-9-16-34(29)35/h2-26H,1,27H2. The highest BCUT2D eigenvalue weighted by atomic mass is 16.3. The van der Waals surface area contributed by atoms with Crippen LogP contribution in [0.4, 0.5) is 0 Å². The van der Waals surface area contributed by atoms with E-state index in [9.17, 15) is 0 Å². The number of aliphatic imine (C=N–C) groups is 3. The fourth-order valence-corrected chi connectivity index (χ4v) is 6.19. The van der Waals surface area contributed by atoms with Crippen LogP contribution in [0, 0.1) is 0 Å². The van der Waals surface area contributed by atoms with E-state index in [1.165, 1.54) is 21.5 Å². The molecule has 4 heteroatoms. The molecule has 8 aromatic rings. The fourth-order valence-electron chi connectivity index (χ4n) is 6.19. The number of hydrogen-bond acceptors (Lipinski definition) is 2. The minimum absolute atomic E-state index is 0.493. The molecule has 0 fully saturated rings. The Morgan fingerprint density at radius 2 is 1.26 bits per heavy atom. The average molecular weight is 592 g/mol. The lowest BCUT2D eigenvalue weighted by molar-refractivity contribution is 0.669. The lowest BCUT2D eigenvalue weighted by Gasteiger charge is -2.08. The highest BCUT2D eigenvalue weighted by Crippen LogP contribution is 2.36. The van der Waals surface area contributed by atoms with Gasteiger partial charge in [-0.05, 0) is 69.2 Å². The van der Waals surface area contributed by atoms with Gasteiger partial charge in [-0.1, -0.05) is 127 Å². The van der Waals surface area contributed by atoms with E-state index in [4.69, 9.17) is 14.4 Å². The van der Waals surface area contributed by atoms with Gasteiger partial charge >= 0.3 is 0 Å². The van der Waals surface area contributed by atoms with Crippen LogP contribution in [-0.2, 0) is 6.54 Å². The lowest BCUT2D eigenvalue weighted by atomic mass is 9.96. The van der Waals surface area contributed by atoms with Crippen LogP contribution in [0.5, 0.6) is 0 Å². The number of benzene rings is 7. The zero-order chi connectivity index (χ0) is 30.9. The van der Waals surface area contributed by atoms with E-state index in [0.717, 1.165) is 49.8 Å². The average Bonchev–Trinajstić information content (AvgIpc) is 3.51. The van der Waals surface area contributed by atoms with Gasteiger partial charge in [0.2, 0.25) is 0 Å². The van der Waals surface area contributed by atoms with Crippen LogP contribution in [0.3, 0.4) is 0 Å². The SMILES string of the molecule is C=NC(=NC(=NCc1ccccc1)c1ccccc1)c1cccc2oc3ccc(-c4ccc5c(ccc6ccccc65)c4)cc3c12. The molecule has 8 rings (SSSR count). The molecule has 0 atom stereocenters. The Morgan fingerprint density at radius 1 is 0.543 bits per heavy atom. The van der Waals surface area contributed by atoms with Crippen molar-refractivity contribution in [1.82, 2.24) is 0 Å². The maximum absolute atomic E-state index is 6.34. The highest BCUT2D eigenvalue weighted by molar-refractivity contribution is 6.22. The topological polar surface area (TPSA) is 50.2 Å². The van der Waals surface area contributed by atoms with Crippen molar-refractivity contribution >= 4 is 61.9 Å². The summed E-state index contributed by atoms with van der Waals surface area (Å²) in [4.78, 5) is 14.4. The van der Waals surface area contributed by atoms with Gasteiger partial charge in [-0.25, -0.2) is 9.98 Å². The third kappa shape index (κ3) is 5.06. The molecule has 0 N–H and O–H groups in total. The minimum atomic E-state index is 0.493. The summed E-state index contributed by atoms with van der Waals surface area (Å²) in [6.07, 6.45) is 0. The van der Waals surface area contributed by atoms with Crippen LogP contribution in [0.25, 0.3) is 54.6 Å². The molecule has 0 unspecified atom stereocenters. The summed E-state index contributed by atoms with van der Waals surface area (Å²) in [6.45, 7) is 4.43. The molecule has 0 spiro atoms. The molecule has 0 amide bonds. The summed E-state index contributed by atoms with van der Waals surface area (Å²) in [5.41, 5.74) is 6.70. The Labute approximate surface area is 266 Å². The van der Waals surface area contributed by atoms with E-state index in [2.05, 4.69) is 90.6 Å². The molecule has 0 saturated heterocycles. The quantitative estimate of drug-likeness (QED) is 0.112. The van der Waals surface area contributed by atoms with E-state index in [-0.39, 0.29) is 0 Å². The first-order valence-corrected chi connectivity index (χ1v) is 15.3. The number of furan rings is 1. The van der Waals surface area contributed by atoms with E-state index >= 15 is 0 Å². The molecule has 0 aliphatic rings. The van der Waals surface area contributed by atoms with Crippen molar-refractivity contribution in [2.24, 2.45) is 15.0 Å². The molecule has 1 heterocycles. The summed E-state index contributed by atoms with van der Waals surface area (Å²) in [5, 5.41) is 6.92. The number of fused-ring (bicyclic) bond motifs is 6. The smallest absolute Gasteiger partial charge is 0.161 e. The molecule has 4 nitrogen and oxygen atoms in total. The van der Waals surface area contributed by atoms with E-state index < -0.39 is 0 Å². The molecule has 0 aliphatic carbocycles. The van der Waals surface area contributed by atoms with Gasteiger partial charge in [0.1, 0.15) is 11.2 Å². The molecule has 0 bridgehead atoms. The second-order valence-electron chi connectivity index (χ2n) is 11.3. The van der Waals surface area contributed by atoms with Crippen molar-refractivity contribution in [2.75, 3.05) is 0 Å². The van der Waals surface area contributed by atoms with Gasteiger partial charge in [-0.3, -0.25) is 4.99 Å². The van der Waals surface area contributed by atoms with Crippen LogP contribution in [0.2, 0.25) is 0 Å². The van der Waals surface area contributed by atoms with Crippen LogP contribution in [0.1, 0.15) is 16.7 Å². The first kappa shape index (κ1) is 27.4. The predicted molar refractivity (Wildman–Crippen MR) is 193 cm³/mol. The molecule has 218 valence electrons. The molecule has 0 radical (unpaired) electrons. The van der Waals surface area contributed by atoms with Gasteiger partial charge in [-0.2, -0.15) is 0 Å². The van der Waals surface area contributed by atoms with Gasteiger partial charge in [-0.15, -0.1) is 0 Å². The highest BCUT2D eigenvalue weighted by Gasteiger charge is 2.17. The van der Waals surface area contributed by atoms with Gasteiger partial charge < -0.3 is 4.42 Å².